The van der Waals surface area contributed by atoms with Crippen molar-refractivity contribution in [3.63, 3.8) is 0 Å². The first-order valence-corrected chi connectivity index (χ1v) is 7.26. The van der Waals surface area contributed by atoms with Crippen LogP contribution in [-0.2, 0) is 11.2 Å². The average Bonchev–Trinajstić information content (AvgIpc) is 2.95. The van der Waals surface area contributed by atoms with Gasteiger partial charge in [0.25, 0.3) is 0 Å². The van der Waals surface area contributed by atoms with Crippen LogP contribution in [0.1, 0.15) is 12.0 Å². The molecule has 106 valence electrons. The number of nitrogens with one attached hydrogen (secondary N) is 2. The van der Waals surface area contributed by atoms with Crippen molar-refractivity contribution >= 4 is 17.7 Å². The van der Waals surface area contributed by atoms with Crippen molar-refractivity contribution in [2.24, 2.45) is 0 Å². The number of phenolic OH excluding ortho intramolecular Hbond substituents is 1. The normalized spacial score (nSPS) is 10.4. The molecule has 0 radical (unpaired) electrons. The Hall–Kier alpha value is -2.02. The van der Waals surface area contributed by atoms with Gasteiger partial charge in [-0.2, -0.15) is 10.3 Å². The van der Waals surface area contributed by atoms with Crippen LogP contribution in [0.5, 0.6) is 5.75 Å². The Kier molecular flexibility index (Phi) is 5.43. The molecule has 0 aliphatic carbocycles. The summed E-state index contributed by atoms with van der Waals surface area (Å²) in [5, 5.41) is 23.1. The number of carbonyl (C=O) groups excluding carboxylic acids is 1. The largest absolute Gasteiger partial charge is 0.508 e. The van der Waals surface area contributed by atoms with Gasteiger partial charge in [0.1, 0.15) is 10.8 Å². The third kappa shape index (κ3) is 4.93. The fourth-order valence-corrected chi connectivity index (χ4v) is 2.31. The predicted molar refractivity (Wildman–Crippen MR) is 76.5 cm³/mol. The number of carbonyl (C=O) groups is 1. The van der Waals surface area contributed by atoms with E-state index in [2.05, 4.69) is 20.7 Å². The smallest absolute Gasteiger partial charge is 0.220 e. The zero-order valence-electron chi connectivity index (χ0n) is 10.9. The zero-order chi connectivity index (χ0) is 14.2. The van der Waals surface area contributed by atoms with Crippen LogP contribution in [0, 0.1) is 0 Å². The Morgan fingerprint density at radius 2 is 2.35 bits per heavy atom. The van der Waals surface area contributed by atoms with E-state index in [0.29, 0.717) is 19.4 Å². The van der Waals surface area contributed by atoms with E-state index in [1.165, 1.54) is 11.8 Å². The molecule has 0 saturated carbocycles. The van der Waals surface area contributed by atoms with Crippen molar-refractivity contribution in [2.45, 2.75) is 17.9 Å². The molecule has 0 unspecified atom stereocenters. The first-order chi connectivity index (χ1) is 9.74. The van der Waals surface area contributed by atoms with Crippen LogP contribution in [0.15, 0.2) is 35.5 Å². The summed E-state index contributed by atoms with van der Waals surface area (Å²) in [6.07, 6.45) is 2.68. The Balaban J connectivity index is 1.61. The van der Waals surface area contributed by atoms with E-state index in [1.54, 1.807) is 24.4 Å². The highest BCUT2D eigenvalue weighted by Crippen LogP contribution is 2.13. The number of hydrogen-bond acceptors (Lipinski definition) is 5. The number of aromatic amines is 1. The van der Waals surface area contributed by atoms with Crippen molar-refractivity contribution in [1.82, 2.24) is 20.7 Å². The molecule has 1 amide bonds. The van der Waals surface area contributed by atoms with Crippen LogP contribution in [0.25, 0.3) is 0 Å². The van der Waals surface area contributed by atoms with Gasteiger partial charge in [-0.1, -0.05) is 12.1 Å². The lowest BCUT2D eigenvalue weighted by Gasteiger charge is -2.04. The molecule has 3 N–H and O–H groups in total. The molecule has 1 aromatic carbocycles. The highest BCUT2D eigenvalue weighted by molar-refractivity contribution is 7.99. The first kappa shape index (κ1) is 14.4. The lowest BCUT2D eigenvalue weighted by Crippen LogP contribution is -2.25. The Morgan fingerprint density at radius 3 is 3.10 bits per heavy atom. The number of nitrogens with zero attached hydrogens (tertiary/aromatic N) is 2. The molecular formula is C13H16N4O2S. The number of benzene rings is 1. The molecule has 0 aliphatic heterocycles. The van der Waals surface area contributed by atoms with E-state index in [9.17, 15) is 9.90 Å². The Morgan fingerprint density at radius 1 is 1.45 bits per heavy atom. The zero-order valence-corrected chi connectivity index (χ0v) is 11.7. The van der Waals surface area contributed by atoms with E-state index < -0.39 is 0 Å². The predicted octanol–water partition coefficient (Wildman–Crippen LogP) is 1.35. The number of aryl methyl sites for hydroxylation is 1. The molecule has 0 atom stereocenters. The van der Waals surface area contributed by atoms with Crippen LogP contribution in [0.4, 0.5) is 0 Å². The number of aromatic hydroxyl groups is 1. The van der Waals surface area contributed by atoms with E-state index in [1.807, 2.05) is 6.07 Å². The summed E-state index contributed by atoms with van der Waals surface area (Å²) < 4.78 is 0. The summed E-state index contributed by atoms with van der Waals surface area (Å²) >= 11 is 1.53. The second-order valence-electron chi connectivity index (χ2n) is 4.18. The molecule has 7 heteroatoms. The average molecular weight is 292 g/mol. The van der Waals surface area contributed by atoms with Gasteiger partial charge in [-0.3, -0.25) is 4.79 Å². The summed E-state index contributed by atoms with van der Waals surface area (Å²) in [6, 6.07) is 6.96. The number of hydrogen-bond donors (Lipinski definition) is 3. The van der Waals surface area contributed by atoms with Crippen LogP contribution >= 0.6 is 11.8 Å². The fraction of sp³-hybridized carbons (Fsp3) is 0.308. The number of aromatic nitrogens is 3. The molecule has 1 aromatic heterocycles. The summed E-state index contributed by atoms with van der Waals surface area (Å²) in [7, 11) is 0. The lowest BCUT2D eigenvalue weighted by atomic mass is 10.1. The van der Waals surface area contributed by atoms with Gasteiger partial charge in [-0.25, -0.2) is 0 Å². The first-order valence-electron chi connectivity index (χ1n) is 6.27. The van der Waals surface area contributed by atoms with Crippen LogP contribution in [0.2, 0.25) is 0 Å². The highest BCUT2D eigenvalue weighted by Gasteiger charge is 2.03. The minimum absolute atomic E-state index is 0.00842. The molecule has 0 saturated heterocycles. The van der Waals surface area contributed by atoms with Gasteiger partial charge in [0.05, 0.1) is 6.20 Å². The maximum absolute atomic E-state index is 11.6. The fourth-order valence-electron chi connectivity index (χ4n) is 1.66. The molecule has 20 heavy (non-hydrogen) atoms. The topological polar surface area (TPSA) is 90.9 Å². The van der Waals surface area contributed by atoms with Gasteiger partial charge in [0.2, 0.25) is 5.91 Å². The van der Waals surface area contributed by atoms with Crippen molar-refractivity contribution in [2.75, 3.05) is 12.3 Å². The molecular weight excluding hydrogens is 276 g/mol. The standard InChI is InChI=1S/C13H16N4O2S/c18-11-3-1-2-10(8-11)4-5-12(19)14-6-7-20-13-9-15-17-16-13/h1-3,8-9,18H,4-7H2,(H,14,19)(H,15,16,17). The van der Waals surface area contributed by atoms with E-state index in [-0.39, 0.29) is 11.7 Å². The molecule has 1 heterocycles. The molecule has 2 aromatic rings. The molecule has 0 spiro atoms. The summed E-state index contributed by atoms with van der Waals surface area (Å²) in [5.74, 6) is 0.991. The van der Waals surface area contributed by atoms with Crippen molar-refractivity contribution < 1.29 is 9.90 Å². The monoisotopic (exact) mass is 292 g/mol. The van der Waals surface area contributed by atoms with Crippen LogP contribution in [0.3, 0.4) is 0 Å². The number of phenols is 1. The third-order valence-corrected chi connectivity index (χ3v) is 3.52. The Bertz CT molecular complexity index is 545. The van der Waals surface area contributed by atoms with E-state index in [4.69, 9.17) is 0 Å². The van der Waals surface area contributed by atoms with Crippen molar-refractivity contribution in [3.8, 4) is 5.75 Å². The van der Waals surface area contributed by atoms with E-state index >= 15 is 0 Å². The SMILES string of the molecule is O=C(CCc1cccc(O)c1)NCCSc1cn[nH]n1. The maximum atomic E-state index is 11.6. The maximum Gasteiger partial charge on any atom is 0.220 e. The van der Waals surface area contributed by atoms with E-state index in [0.717, 1.165) is 16.3 Å². The number of amides is 1. The molecule has 0 fully saturated rings. The van der Waals surface area contributed by atoms with Crippen molar-refractivity contribution in [1.29, 1.82) is 0 Å². The third-order valence-electron chi connectivity index (χ3n) is 2.62. The van der Waals surface area contributed by atoms with Gasteiger partial charge < -0.3 is 10.4 Å². The summed E-state index contributed by atoms with van der Waals surface area (Å²) in [5.41, 5.74) is 0.956. The summed E-state index contributed by atoms with van der Waals surface area (Å²) in [6.45, 7) is 0.594. The van der Waals surface area contributed by atoms with Gasteiger partial charge in [0.15, 0.2) is 0 Å². The van der Waals surface area contributed by atoms with Gasteiger partial charge in [-0.15, -0.1) is 16.9 Å². The highest BCUT2D eigenvalue weighted by atomic mass is 32.2. The summed E-state index contributed by atoms with van der Waals surface area (Å²) in [4.78, 5) is 11.6. The molecule has 6 nitrogen and oxygen atoms in total. The Labute approximate surface area is 121 Å². The molecule has 0 aliphatic rings. The molecule has 0 bridgehead atoms. The van der Waals surface area contributed by atoms with Gasteiger partial charge in [-0.05, 0) is 24.1 Å². The number of thioether (sulfide) groups is 1. The van der Waals surface area contributed by atoms with Gasteiger partial charge in [0, 0.05) is 18.7 Å². The minimum Gasteiger partial charge on any atom is -0.508 e. The second kappa shape index (κ2) is 7.54. The molecule has 2 rings (SSSR count). The van der Waals surface area contributed by atoms with Crippen LogP contribution in [-0.4, -0.2) is 38.7 Å². The lowest BCUT2D eigenvalue weighted by molar-refractivity contribution is -0.120. The number of rotatable bonds is 7. The van der Waals surface area contributed by atoms with Crippen LogP contribution < -0.4 is 5.32 Å². The minimum atomic E-state index is 0.00842. The number of H-pyrrole nitrogens is 1. The second-order valence-corrected chi connectivity index (χ2v) is 5.29. The quantitative estimate of drug-likeness (QED) is 0.529. The van der Waals surface area contributed by atoms with Crippen molar-refractivity contribution in [3.05, 3.63) is 36.0 Å². The van der Waals surface area contributed by atoms with Gasteiger partial charge >= 0.3 is 0 Å².